The Labute approximate surface area is 223 Å². The van der Waals surface area contributed by atoms with Crippen LogP contribution in [0, 0.1) is 16.7 Å². The molecule has 1 aromatic carbocycles. The number of aromatic nitrogens is 2. The van der Waals surface area contributed by atoms with E-state index in [4.69, 9.17) is 10.3 Å². The van der Waals surface area contributed by atoms with Crippen LogP contribution < -0.4 is 11.1 Å². The molecule has 0 unspecified atom stereocenters. The molecule has 4 saturated carbocycles. The van der Waals surface area contributed by atoms with Crippen molar-refractivity contribution in [1.82, 2.24) is 15.5 Å². The molecule has 0 aliphatic heterocycles. The number of halogens is 1. The number of hydrogen-bond donors (Lipinski definition) is 3. The number of nitrogens with one attached hydrogen (secondary N) is 1. The normalized spacial score (nSPS) is 35.0. The number of hydrogen-bond acceptors (Lipinski definition) is 6. The Morgan fingerprint density at radius 2 is 1.92 bits per heavy atom. The summed E-state index contributed by atoms with van der Waals surface area (Å²) in [5, 5.41) is 28.0. The number of carbonyl (C=O) groups is 1. The van der Waals surface area contributed by atoms with E-state index in [-0.39, 0.29) is 22.6 Å². The Morgan fingerprint density at radius 3 is 2.50 bits per heavy atom. The van der Waals surface area contributed by atoms with Crippen molar-refractivity contribution in [2.24, 2.45) is 11.1 Å². The van der Waals surface area contributed by atoms with E-state index < -0.39 is 22.8 Å². The first kappa shape index (κ1) is 26.6. The highest BCUT2D eigenvalue weighted by molar-refractivity contribution is 5.73. The second-order valence-electron chi connectivity index (χ2n) is 13.0. The highest BCUT2D eigenvalue weighted by Gasteiger charge is 2.57. The van der Waals surface area contributed by atoms with Crippen LogP contribution in [-0.4, -0.2) is 32.4 Å². The van der Waals surface area contributed by atoms with Crippen molar-refractivity contribution in [1.29, 1.82) is 5.26 Å². The smallest absolute Gasteiger partial charge is 0.312 e. The van der Waals surface area contributed by atoms with E-state index in [2.05, 4.69) is 21.5 Å². The first-order valence-electron chi connectivity index (χ1n) is 13.6. The first-order valence-corrected chi connectivity index (χ1v) is 13.6. The van der Waals surface area contributed by atoms with E-state index in [1.807, 2.05) is 25.1 Å². The van der Waals surface area contributed by atoms with Crippen LogP contribution in [0.2, 0.25) is 0 Å². The molecule has 0 spiro atoms. The lowest BCUT2D eigenvalue weighted by Crippen LogP contribution is -2.62. The quantitative estimate of drug-likeness (QED) is 0.472. The summed E-state index contributed by atoms with van der Waals surface area (Å²) in [5.41, 5.74) is 3.84. The van der Waals surface area contributed by atoms with Gasteiger partial charge in [-0.25, -0.2) is 9.18 Å². The van der Waals surface area contributed by atoms with Gasteiger partial charge in [-0.15, -0.1) is 0 Å². The zero-order valence-corrected chi connectivity index (χ0v) is 22.5. The fourth-order valence-electron chi connectivity index (χ4n) is 7.53. The van der Waals surface area contributed by atoms with Gasteiger partial charge in [-0.05, 0) is 108 Å². The molecule has 4 N–H and O–H groups in total. The number of primary amides is 1. The average Bonchev–Trinajstić information content (AvgIpc) is 3.38. The van der Waals surface area contributed by atoms with Gasteiger partial charge in [0.2, 0.25) is 0 Å². The maximum absolute atomic E-state index is 14.4. The summed E-state index contributed by atoms with van der Waals surface area (Å²) in [6.45, 7) is 4.68. The maximum atomic E-state index is 14.4. The summed E-state index contributed by atoms with van der Waals surface area (Å²) in [4.78, 5) is 16.9. The third-order valence-corrected chi connectivity index (χ3v) is 9.71. The number of rotatable bonds is 6. The fourth-order valence-corrected chi connectivity index (χ4v) is 7.53. The lowest BCUT2D eigenvalue weighted by molar-refractivity contribution is -0.0488. The number of urea groups is 1. The summed E-state index contributed by atoms with van der Waals surface area (Å²) < 4.78 is 19.7. The van der Waals surface area contributed by atoms with Crippen LogP contribution in [-0.2, 0) is 11.1 Å². The molecule has 4 aliphatic rings. The molecule has 4 aliphatic carbocycles. The van der Waals surface area contributed by atoms with Gasteiger partial charge >= 0.3 is 6.03 Å². The van der Waals surface area contributed by atoms with Gasteiger partial charge in [0.25, 0.3) is 5.89 Å². The highest BCUT2D eigenvalue weighted by atomic mass is 19.1. The number of aliphatic hydroxyl groups is 1. The number of nitrogens with zero attached hydrogens (tertiary/aromatic N) is 3. The summed E-state index contributed by atoms with van der Waals surface area (Å²) in [7, 11) is 0. The molecule has 8 nitrogen and oxygen atoms in total. The van der Waals surface area contributed by atoms with Crippen LogP contribution in [0.1, 0.15) is 114 Å². The molecule has 2 aromatic rings. The van der Waals surface area contributed by atoms with Gasteiger partial charge in [0, 0.05) is 16.9 Å². The molecule has 1 aromatic heterocycles. The third-order valence-electron chi connectivity index (χ3n) is 9.71. The monoisotopic (exact) mass is 523 g/mol. The molecule has 9 heteroatoms. The zero-order valence-electron chi connectivity index (χ0n) is 22.5. The second kappa shape index (κ2) is 9.04. The molecule has 6 rings (SSSR count). The van der Waals surface area contributed by atoms with E-state index in [1.54, 1.807) is 6.07 Å². The molecule has 38 heavy (non-hydrogen) atoms. The number of benzene rings is 1. The number of nitriles is 1. The molecule has 0 saturated heterocycles. The Kier molecular flexibility index (Phi) is 6.33. The van der Waals surface area contributed by atoms with Gasteiger partial charge in [0.1, 0.15) is 0 Å². The largest absolute Gasteiger partial charge is 0.390 e. The van der Waals surface area contributed by atoms with Gasteiger partial charge in [-0.3, -0.25) is 0 Å². The maximum Gasteiger partial charge on any atom is 0.312 e. The van der Waals surface area contributed by atoms with Gasteiger partial charge < -0.3 is 20.7 Å². The minimum absolute atomic E-state index is 0.00951. The predicted octanol–water partition coefficient (Wildman–Crippen LogP) is 5.25. The molecule has 0 radical (unpaired) electrons. The molecule has 1 heterocycles. The van der Waals surface area contributed by atoms with Crippen molar-refractivity contribution in [3.8, 4) is 6.07 Å². The number of carbonyl (C=O) groups excluding carboxylic acids is 1. The van der Waals surface area contributed by atoms with E-state index in [0.29, 0.717) is 30.7 Å². The molecule has 3 atom stereocenters. The Bertz CT molecular complexity index is 1230. The first-order chi connectivity index (χ1) is 17.8. The van der Waals surface area contributed by atoms with E-state index in [1.165, 1.54) is 13.8 Å². The van der Waals surface area contributed by atoms with Crippen LogP contribution in [0.3, 0.4) is 0 Å². The van der Waals surface area contributed by atoms with Gasteiger partial charge in [0.15, 0.2) is 11.5 Å². The number of amides is 2. The molecule has 4 fully saturated rings. The van der Waals surface area contributed by atoms with Crippen molar-refractivity contribution in [3.63, 3.8) is 0 Å². The predicted molar refractivity (Wildman–Crippen MR) is 139 cm³/mol. The Morgan fingerprint density at radius 1 is 1.24 bits per heavy atom. The average molecular weight is 524 g/mol. The minimum atomic E-state index is -1.68. The lowest BCUT2D eigenvalue weighted by atomic mass is 9.49. The SMILES string of the molecule is CC(C)(F)c1nc(C23CCC(C[C@]4(NC(N)=O)CC[C@@](C)(O)C[C@@H]4c4cccc(C#N)c4)(CC2)CC3)no1. The standard InChI is InChI=1S/C29H38FN5O3/c1-25(2,30)23-33-22(35-38-23)28-11-8-27(9-12-28,10-13-28)18-29(34-24(32)36)14-7-26(3,37)16-21(29)20-6-4-5-19(15-20)17-31/h4-6,15,21,37H,7-14,16,18H2,1-3H3,(H3,32,34,36)/t21-,26-,27?,28?,29-/m1/s1. The van der Waals surface area contributed by atoms with E-state index >= 15 is 0 Å². The fraction of sp³-hybridized carbons (Fsp3) is 0.655. The number of alkyl halides is 1. The molecule has 204 valence electrons. The molecular weight excluding hydrogens is 485 g/mol. The third kappa shape index (κ3) is 4.79. The van der Waals surface area contributed by atoms with Crippen molar-refractivity contribution >= 4 is 6.03 Å². The second-order valence-corrected chi connectivity index (χ2v) is 13.0. The summed E-state index contributed by atoms with van der Waals surface area (Å²) in [6.07, 6.45) is 7.76. The zero-order chi connectivity index (χ0) is 27.4. The highest BCUT2D eigenvalue weighted by Crippen LogP contribution is 2.62. The van der Waals surface area contributed by atoms with E-state index in [0.717, 1.165) is 50.5 Å². The summed E-state index contributed by atoms with van der Waals surface area (Å²) in [6, 6.07) is 9.12. The molecule has 2 amide bonds. The molecule has 2 bridgehead atoms. The van der Waals surface area contributed by atoms with Gasteiger partial charge in [-0.2, -0.15) is 10.2 Å². The summed E-state index contributed by atoms with van der Waals surface area (Å²) in [5.74, 6) is 0.434. The van der Waals surface area contributed by atoms with Crippen LogP contribution in [0.25, 0.3) is 0 Å². The van der Waals surface area contributed by atoms with Crippen LogP contribution in [0.15, 0.2) is 28.8 Å². The van der Waals surface area contributed by atoms with Crippen LogP contribution >= 0.6 is 0 Å². The number of fused-ring (bicyclic) bond motifs is 3. The minimum Gasteiger partial charge on any atom is -0.390 e. The Balaban J connectivity index is 1.45. The lowest BCUT2D eigenvalue weighted by Gasteiger charge is -2.58. The number of nitrogens with two attached hydrogens (primary N) is 1. The summed E-state index contributed by atoms with van der Waals surface area (Å²) >= 11 is 0. The van der Waals surface area contributed by atoms with Crippen molar-refractivity contribution in [2.75, 3.05) is 0 Å². The van der Waals surface area contributed by atoms with Crippen molar-refractivity contribution in [2.45, 2.75) is 113 Å². The van der Waals surface area contributed by atoms with Crippen LogP contribution in [0.5, 0.6) is 0 Å². The van der Waals surface area contributed by atoms with E-state index in [9.17, 15) is 19.6 Å². The topological polar surface area (TPSA) is 138 Å². The van der Waals surface area contributed by atoms with Crippen molar-refractivity contribution in [3.05, 3.63) is 47.1 Å². The van der Waals surface area contributed by atoms with Crippen LogP contribution in [0.4, 0.5) is 9.18 Å². The van der Waals surface area contributed by atoms with Gasteiger partial charge in [-0.1, -0.05) is 17.3 Å². The van der Waals surface area contributed by atoms with Crippen molar-refractivity contribution < 1.29 is 18.8 Å². The van der Waals surface area contributed by atoms with Gasteiger partial charge in [0.05, 0.1) is 17.2 Å². The Hall–Kier alpha value is -2.99. The molecular formula is C29H38FN5O3.